The van der Waals surface area contributed by atoms with Gasteiger partial charge in [0.2, 0.25) is 0 Å². The Balaban J connectivity index is 2.20. The number of aromatic nitrogens is 2. The van der Waals surface area contributed by atoms with Crippen molar-refractivity contribution in [3.8, 4) is 0 Å². The molecule has 0 radical (unpaired) electrons. The van der Waals surface area contributed by atoms with Crippen molar-refractivity contribution in [2.45, 2.75) is 6.92 Å². The Morgan fingerprint density at radius 2 is 2.11 bits per heavy atom. The summed E-state index contributed by atoms with van der Waals surface area (Å²) in [4.78, 5) is 11.2. The molecule has 2 rings (SSSR count). The number of aromatic amines is 1. The zero-order chi connectivity index (χ0) is 13.8. The van der Waals surface area contributed by atoms with Gasteiger partial charge in [-0.3, -0.25) is 10.2 Å². The average molecular weight is 342 g/mol. The first-order chi connectivity index (χ1) is 9.08. The molecular weight excluding hydrogens is 332 g/mol. The minimum absolute atomic E-state index is 0.0300. The van der Waals surface area contributed by atoms with Crippen LogP contribution in [0.5, 0.6) is 0 Å². The van der Waals surface area contributed by atoms with Gasteiger partial charge < -0.3 is 0 Å². The molecule has 0 saturated carbocycles. The normalized spacial score (nSPS) is 11.4. The molecule has 0 atom stereocenters. The van der Waals surface area contributed by atoms with Gasteiger partial charge in [-0.1, -0.05) is 39.7 Å². The minimum atomic E-state index is -0.455. The van der Waals surface area contributed by atoms with Gasteiger partial charge in [0, 0.05) is 4.47 Å². The summed E-state index contributed by atoms with van der Waals surface area (Å²) < 4.78 is 0.999. The van der Waals surface area contributed by atoms with E-state index in [1.165, 1.54) is 6.20 Å². The van der Waals surface area contributed by atoms with E-state index in [-0.39, 0.29) is 5.02 Å². The first-order valence-electron chi connectivity index (χ1n) is 5.37. The van der Waals surface area contributed by atoms with E-state index in [1.807, 2.05) is 31.2 Å². The summed E-state index contributed by atoms with van der Waals surface area (Å²) in [5, 5.41) is 10.1. The molecule has 0 aliphatic carbocycles. The number of hydrogen-bond acceptors (Lipinski definition) is 4. The molecule has 2 N–H and O–H groups in total. The molecule has 0 aliphatic heterocycles. The lowest BCUT2D eigenvalue weighted by atomic mass is 10.1. The molecule has 0 saturated heterocycles. The van der Waals surface area contributed by atoms with Crippen molar-refractivity contribution in [3.05, 3.63) is 55.9 Å². The van der Waals surface area contributed by atoms with Crippen LogP contribution in [0.3, 0.4) is 0 Å². The van der Waals surface area contributed by atoms with Crippen LogP contribution in [0, 0.1) is 0 Å². The second-order valence-electron chi connectivity index (χ2n) is 3.74. The van der Waals surface area contributed by atoms with Crippen LogP contribution in [-0.2, 0) is 0 Å². The molecule has 0 unspecified atom stereocenters. The maximum Gasteiger partial charge on any atom is 0.285 e. The molecule has 0 spiro atoms. The first-order valence-corrected chi connectivity index (χ1v) is 6.54. The second kappa shape index (κ2) is 5.99. The van der Waals surface area contributed by atoms with E-state index >= 15 is 0 Å². The first kappa shape index (κ1) is 13.8. The topological polar surface area (TPSA) is 70.1 Å². The van der Waals surface area contributed by atoms with Gasteiger partial charge in [0.05, 0.1) is 11.9 Å². The molecule has 2 aromatic rings. The van der Waals surface area contributed by atoms with Crippen LogP contribution >= 0.6 is 27.5 Å². The van der Waals surface area contributed by atoms with Crippen molar-refractivity contribution < 1.29 is 0 Å². The van der Waals surface area contributed by atoms with E-state index in [1.54, 1.807) is 0 Å². The van der Waals surface area contributed by atoms with Gasteiger partial charge in [0.25, 0.3) is 5.56 Å². The molecule has 98 valence electrons. The SMILES string of the molecule is C/C(=N/Nc1cn[nH]c(=O)c1Cl)c1ccc(Br)cc1. The fourth-order valence-corrected chi connectivity index (χ4v) is 1.76. The smallest absolute Gasteiger partial charge is 0.275 e. The molecule has 0 bridgehead atoms. The molecular formula is C12H10BrClN4O. The molecule has 5 nitrogen and oxygen atoms in total. The van der Waals surface area contributed by atoms with Crippen LogP contribution in [-0.4, -0.2) is 15.9 Å². The highest BCUT2D eigenvalue weighted by Gasteiger charge is 2.04. The average Bonchev–Trinajstić information content (AvgIpc) is 2.41. The van der Waals surface area contributed by atoms with E-state index < -0.39 is 5.56 Å². The van der Waals surface area contributed by atoms with Gasteiger partial charge in [-0.2, -0.15) is 10.2 Å². The zero-order valence-corrected chi connectivity index (χ0v) is 12.3. The number of nitrogens with one attached hydrogen (secondary N) is 2. The highest BCUT2D eigenvalue weighted by Crippen LogP contribution is 2.15. The lowest BCUT2D eigenvalue weighted by Gasteiger charge is -2.04. The molecule has 1 aromatic heterocycles. The summed E-state index contributed by atoms with van der Waals surface area (Å²) in [6.45, 7) is 1.85. The number of H-pyrrole nitrogens is 1. The highest BCUT2D eigenvalue weighted by molar-refractivity contribution is 9.10. The molecule has 0 fully saturated rings. The largest absolute Gasteiger partial charge is 0.285 e. The van der Waals surface area contributed by atoms with Crippen molar-refractivity contribution >= 4 is 38.9 Å². The number of benzene rings is 1. The lowest BCUT2D eigenvalue weighted by molar-refractivity contribution is 0.986. The monoisotopic (exact) mass is 340 g/mol. The zero-order valence-electron chi connectivity index (χ0n) is 9.95. The number of anilines is 1. The van der Waals surface area contributed by atoms with Gasteiger partial charge >= 0.3 is 0 Å². The predicted molar refractivity (Wildman–Crippen MR) is 79.8 cm³/mol. The Kier molecular flexibility index (Phi) is 4.34. The number of rotatable bonds is 3. The summed E-state index contributed by atoms with van der Waals surface area (Å²) in [5.41, 5.74) is 4.37. The minimum Gasteiger partial charge on any atom is -0.275 e. The third kappa shape index (κ3) is 3.42. The summed E-state index contributed by atoms with van der Waals surface area (Å²) in [7, 11) is 0. The van der Waals surface area contributed by atoms with Crippen LogP contribution < -0.4 is 11.0 Å². The maximum atomic E-state index is 11.2. The summed E-state index contributed by atoms with van der Waals surface area (Å²) in [6.07, 6.45) is 1.40. The summed E-state index contributed by atoms with van der Waals surface area (Å²) >= 11 is 9.19. The van der Waals surface area contributed by atoms with Gasteiger partial charge in [-0.25, -0.2) is 5.10 Å². The van der Waals surface area contributed by atoms with Crippen molar-refractivity contribution in [1.82, 2.24) is 10.2 Å². The maximum absolute atomic E-state index is 11.2. The van der Waals surface area contributed by atoms with E-state index in [0.717, 1.165) is 15.7 Å². The highest BCUT2D eigenvalue weighted by atomic mass is 79.9. The Morgan fingerprint density at radius 3 is 2.79 bits per heavy atom. The quantitative estimate of drug-likeness (QED) is 0.666. The molecule has 0 aliphatic rings. The predicted octanol–water partition coefficient (Wildman–Crippen LogP) is 3.02. The van der Waals surface area contributed by atoms with Crippen LogP contribution in [0.25, 0.3) is 0 Å². The van der Waals surface area contributed by atoms with Crippen molar-refractivity contribution in [2.75, 3.05) is 5.43 Å². The van der Waals surface area contributed by atoms with Gasteiger partial charge in [-0.15, -0.1) is 0 Å². The fourth-order valence-electron chi connectivity index (χ4n) is 1.36. The van der Waals surface area contributed by atoms with Gasteiger partial charge in [0.1, 0.15) is 10.7 Å². The van der Waals surface area contributed by atoms with E-state index in [0.29, 0.717) is 5.69 Å². The van der Waals surface area contributed by atoms with E-state index in [4.69, 9.17) is 11.6 Å². The van der Waals surface area contributed by atoms with Crippen molar-refractivity contribution in [1.29, 1.82) is 0 Å². The van der Waals surface area contributed by atoms with Gasteiger partial charge in [-0.05, 0) is 24.6 Å². The second-order valence-corrected chi connectivity index (χ2v) is 5.04. The third-order valence-electron chi connectivity index (χ3n) is 2.40. The van der Waals surface area contributed by atoms with Crippen molar-refractivity contribution in [3.63, 3.8) is 0 Å². The Labute approximate surface area is 122 Å². The number of hydrogen-bond donors (Lipinski definition) is 2. The standard InChI is InChI=1S/C12H10BrClN4O/c1-7(8-2-4-9(13)5-3-8)16-17-10-6-15-18-12(19)11(10)14/h2-6H,1H3,(H2,17,18,19)/b16-7-. The summed E-state index contributed by atoms with van der Waals surface area (Å²) in [6, 6.07) is 7.72. The summed E-state index contributed by atoms with van der Waals surface area (Å²) in [5.74, 6) is 0. The number of hydrazone groups is 1. The van der Waals surface area contributed by atoms with E-state index in [9.17, 15) is 4.79 Å². The Morgan fingerprint density at radius 1 is 1.42 bits per heavy atom. The number of nitrogens with zero attached hydrogens (tertiary/aromatic N) is 2. The molecule has 1 heterocycles. The van der Waals surface area contributed by atoms with Crippen LogP contribution in [0.15, 0.2) is 44.8 Å². The number of halogens is 2. The molecule has 0 amide bonds. The molecule has 1 aromatic carbocycles. The molecule has 19 heavy (non-hydrogen) atoms. The van der Waals surface area contributed by atoms with Gasteiger partial charge in [0.15, 0.2) is 0 Å². The van der Waals surface area contributed by atoms with Crippen LogP contribution in [0.1, 0.15) is 12.5 Å². The Bertz CT molecular complexity index is 666. The van der Waals surface area contributed by atoms with Crippen LogP contribution in [0.4, 0.5) is 5.69 Å². The van der Waals surface area contributed by atoms with E-state index in [2.05, 4.69) is 36.7 Å². The molecule has 7 heteroatoms. The lowest BCUT2D eigenvalue weighted by Crippen LogP contribution is -2.10. The Hall–Kier alpha value is -1.66. The third-order valence-corrected chi connectivity index (χ3v) is 3.31. The van der Waals surface area contributed by atoms with Crippen LogP contribution in [0.2, 0.25) is 5.02 Å². The van der Waals surface area contributed by atoms with Crippen molar-refractivity contribution in [2.24, 2.45) is 5.10 Å². The fraction of sp³-hybridized carbons (Fsp3) is 0.0833.